The van der Waals surface area contributed by atoms with E-state index in [-0.39, 0.29) is 23.7 Å². The SMILES string of the molecule is Cc1cccc2c(=O)n(CC(=O)N3CCN(c4ccccc4[N+](=O)[O-])CC3)cnc12. The van der Waals surface area contributed by atoms with Crippen LogP contribution in [0.1, 0.15) is 5.56 Å². The molecule has 0 atom stereocenters. The molecule has 2 aromatic carbocycles. The Morgan fingerprint density at radius 3 is 2.57 bits per heavy atom. The number of para-hydroxylation sites is 3. The van der Waals surface area contributed by atoms with Crippen molar-refractivity contribution in [3.63, 3.8) is 0 Å². The van der Waals surface area contributed by atoms with Gasteiger partial charge in [-0.3, -0.25) is 24.3 Å². The Morgan fingerprint density at radius 2 is 1.83 bits per heavy atom. The Morgan fingerprint density at radius 1 is 1.10 bits per heavy atom. The van der Waals surface area contributed by atoms with Crippen LogP contribution in [0.5, 0.6) is 0 Å². The van der Waals surface area contributed by atoms with Crippen molar-refractivity contribution < 1.29 is 9.72 Å². The first-order chi connectivity index (χ1) is 14.5. The van der Waals surface area contributed by atoms with Crippen LogP contribution in [0, 0.1) is 17.0 Å². The second kappa shape index (κ2) is 7.94. The van der Waals surface area contributed by atoms with Crippen molar-refractivity contribution in [2.75, 3.05) is 31.1 Å². The minimum atomic E-state index is -0.395. The molecule has 4 rings (SSSR count). The molecule has 0 unspecified atom stereocenters. The molecule has 2 heterocycles. The second-order valence-corrected chi connectivity index (χ2v) is 7.26. The maximum absolute atomic E-state index is 12.8. The third-order valence-corrected chi connectivity index (χ3v) is 5.41. The summed E-state index contributed by atoms with van der Waals surface area (Å²) in [6.07, 6.45) is 1.42. The summed E-state index contributed by atoms with van der Waals surface area (Å²) in [6, 6.07) is 12.0. The quantitative estimate of drug-likeness (QED) is 0.484. The molecule has 1 fully saturated rings. The van der Waals surface area contributed by atoms with Crippen molar-refractivity contribution in [1.82, 2.24) is 14.5 Å². The molecule has 1 aliphatic heterocycles. The van der Waals surface area contributed by atoms with Crippen LogP contribution in [0.15, 0.2) is 53.6 Å². The molecule has 1 aliphatic rings. The average Bonchev–Trinajstić information content (AvgIpc) is 2.76. The van der Waals surface area contributed by atoms with Gasteiger partial charge in [-0.2, -0.15) is 0 Å². The lowest BCUT2D eigenvalue weighted by molar-refractivity contribution is -0.384. The number of carbonyl (C=O) groups excluding carboxylic acids is 1. The average molecular weight is 407 g/mol. The predicted octanol–water partition coefficient (Wildman–Crippen LogP) is 1.96. The van der Waals surface area contributed by atoms with Crippen LogP contribution < -0.4 is 10.5 Å². The van der Waals surface area contributed by atoms with Crippen molar-refractivity contribution in [2.45, 2.75) is 13.5 Å². The van der Waals surface area contributed by atoms with Crippen molar-refractivity contribution in [3.8, 4) is 0 Å². The topological polar surface area (TPSA) is 102 Å². The van der Waals surface area contributed by atoms with Gasteiger partial charge < -0.3 is 9.80 Å². The number of hydrogen-bond acceptors (Lipinski definition) is 6. The highest BCUT2D eigenvalue weighted by Crippen LogP contribution is 2.28. The van der Waals surface area contributed by atoms with Gasteiger partial charge in [-0.25, -0.2) is 4.98 Å². The van der Waals surface area contributed by atoms with E-state index < -0.39 is 4.92 Å². The first-order valence-corrected chi connectivity index (χ1v) is 9.66. The molecule has 1 saturated heterocycles. The molecule has 0 spiro atoms. The Bertz CT molecular complexity index is 1180. The number of amides is 1. The van der Waals surface area contributed by atoms with E-state index in [1.54, 1.807) is 35.2 Å². The van der Waals surface area contributed by atoms with Gasteiger partial charge in [0.1, 0.15) is 12.2 Å². The fraction of sp³-hybridized carbons (Fsp3) is 0.286. The maximum Gasteiger partial charge on any atom is 0.292 e. The summed E-state index contributed by atoms with van der Waals surface area (Å²) in [6.45, 7) is 3.64. The summed E-state index contributed by atoms with van der Waals surface area (Å²) in [7, 11) is 0. The summed E-state index contributed by atoms with van der Waals surface area (Å²) in [4.78, 5) is 44.3. The van der Waals surface area contributed by atoms with E-state index >= 15 is 0 Å². The molecule has 9 heteroatoms. The third-order valence-electron chi connectivity index (χ3n) is 5.41. The van der Waals surface area contributed by atoms with E-state index in [4.69, 9.17) is 0 Å². The van der Waals surface area contributed by atoms with Crippen LogP contribution in [0.25, 0.3) is 10.9 Å². The number of fused-ring (bicyclic) bond motifs is 1. The Hall–Kier alpha value is -3.75. The normalized spacial score (nSPS) is 14.2. The standard InChI is InChI=1S/C21H21N5O4/c1-15-5-4-6-16-20(15)22-14-25(21(16)28)13-19(27)24-11-9-23(10-12-24)17-7-2-3-8-18(17)26(29)30/h2-8,14H,9-13H2,1H3. The number of aromatic nitrogens is 2. The van der Waals surface area contributed by atoms with Gasteiger partial charge in [-0.1, -0.05) is 24.3 Å². The van der Waals surface area contributed by atoms with Gasteiger partial charge in [0.05, 0.1) is 22.2 Å². The van der Waals surface area contributed by atoms with Crippen LogP contribution in [0.4, 0.5) is 11.4 Å². The van der Waals surface area contributed by atoms with E-state index in [1.807, 2.05) is 17.9 Å². The highest BCUT2D eigenvalue weighted by molar-refractivity contribution is 5.81. The van der Waals surface area contributed by atoms with Gasteiger partial charge in [0.25, 0.3) is 11.2 Å². The minimum absolute atomic E-state index is 0.0568. The first kappa shape index (κ1) is 19.6. The second-order valence-electron chi connectivity index (χ2n) is 7.26. The Balaban J connectivity index is 1.46. The monoisotopic (exact) mass is 407 g/mol. The lowest BCUT2D eigenvalue weighted by Crippen LogP contribution is -2.50. The van der Waals surface area contributed by atoms with E-state index in [9.17, 15) is 19.7 Å². The molecule has 0 radical (unpaired) electrons. The first-order valence-electron chi connectivity index (χ1n) is 9.66. The van der Waals surface area contributed by atoms with Crippen LogP contribution in [-0.2, 0) is 11.3 Å². The summed E-state index contributed by atoms with van der Waals surface area (Å²) < 4.78 is 1.33. The number of rotatable bonds is 4. The number of piperazine rings is 1. The van der Waals surface area contributed by atoms with Gasteiger partial charge in [0, 0.05) is 32.2 Å². The number of benzene rings is 2. The molecule has 0 bridgehead atoms. The number of nitrogens with zero attached hydrogens (tertiary/aromatic N) is 5. The summed E-state index contributed by atoms with van der Waals surface area (Å²) in [5.41, 5.74) is 1.93. The maximum atomic E-state index is 12.8. The molecule has 154 valence electrons. The molecule has 3 aromatic rings. The zero-order valence-electron chi connectivity index (χ0n) is 16.5. The van der Waals surface area contributed by atoms with Crippen molar-refractivity contribution in [3.05, 3.63) is 74.8 Å². The number of anilines is 1. The van der Waals surface area contributed by atoms with Crippen LogP contribution in [0.3, 0.4) is 0 Å². The van der Waals surface area contributed by atoms with Crippen LogP contribution >= 0.6 is 0 Å². The summed E-state index contributed by atoms with van der Waals surface area (Å²) in [5, 5.41) is 11.8. The van der Waals surface area contributed by atoms with Crippen molar-refractivity contribution in [1.29, 1.82) is 0 Å². The summed E-state index contributed by atoms with van der Waals surface area (Å²) in [5.74, 6) is -0.173. The fourth-order valence-electron chi connectivity index (χ4n) is 3.78. The third kappa shape index (κ3) is 3.61. The van der Waals surface area contributed by atoms with Gasteiger partial charge in [0.15, 0.2) is 0 Å². The highest BCUT2D eigenvalue weighted by atomic mass is 16.6. The predicted molar refractivity (Wildman–Crippen MR) is 113 cm³/mol. The smallest absolute Gasteiger partial charge is 0.292 e. The van der Waals surface area contributed by atoms with Gasteiger partial charge >= 0.3 is 0 Å². The van der Waals surface area contributed by atoms with Crippen LogP contribution in [-0.4, -0.2) is 51.5 Å². The molecule has 30 heavy (non-hydrogen) atoms. The molecule has 0 aliphatic carbocycles. The fourth-order valence-corrected chi connectivity index (χ4v) is 3.78. The molecule has 0 N–H and O–H groups in total. The molecule has 9 nitrogen and oxygen atoms in total. The number of nitro benzene ring substituents is 1. The number of aryl methyl sites for hydroxylation is 1. The summed E-state index contributed by atoms with van der Waals surface area (Å²) >= 11 is 0. The number of hydrogen-bond donors (Lipinski definition) is 0. The molecule has 1 amide bonds. The van der Waals surface area contributed by atoms with Crippen LogP contribution in [0.2, 0.25) is 0 Å². The molecular weight excluding hydrogens is 386 g/mol. The van der Waals surface area contributed by atoms with E-state index in [1.165, 1.54) is 17.0 Å². The lowest BCUT2D eigenvalue weighted by Gasteiger charge is -2.35. The zero-order chi connectivity index (χ0) is 21.3. The van der Waals surface area contributed by atoms with Crippen molar-refractivity contribution >= 4 is 28.2 Å². The lowest BCUT2D eigenvalue weighted by atomic mass is 10.1. The van der Waals surface area contributed by atoms with Gasteiger partial charge in [-0.05, 0) is 24.6 Å². The zero-order valence-corrected chi connectivity index (χ0v) is 16.5. The number of carbonyl (C=O) groups is 1. The Labute approximate surface area is 172 Å². The van der Waals surface area contributed by atoms with Gasteiger partial charge in [-0.15, -0.1) is 0 Å². The molecular formula is C21H21N5O4. The Kier molecular flexibility index (Phi) is 5.18. The highest BCUT2D eigenvalue weighted by Gasteiger charge is 2.25. The van der Waals surface area contributed by atoms with E-state index in [0.29, 0.717) is 42.8 Å². The molecule has 1 aromatic heterocycles. The van der Waals surface area contributed by atoms with Crippen molar-refractivity contribution in [2.24, 2.45) is 0 Å². The largest absolute Gasteiger partial charge is 0.362 e. The van der Waals surface area contributed by atoms with E-state index in [0.717, 1.165) is 5.56 Å². The number of nitro groups is 1. The van der Waals surface area contributed by atoms with E-state index in [2.05, 4.69) is 4.98 Å². The molecule has 0 saturated carbocycles. The minimum Gasteiger partial charge on any atom is -0.362 e. The van der Waals surface area contributed by atoms with Gasteiger partial charge in [0.2, 0.25) is 5.91 Å².